The molecule has 32 heavy (non-hydrogen) atoms. The van der Waals surface area contributed by atoms with Crippen LogP contribution < -0.4 is 13.2 Å². The molecule has 1 heterocycles. The van der Waals surface area contributed by atoms with Crippen LogP contribution in [0.15, 0.2) is 114 Å². The minimum atomic E-state index is -3.36. The predicted octanol–water partition coefficient (Wildman–Crippen LogP) is 4.39. The molecule has 1 fully saturated rings. The molecular formula is C28H29GeNO2. The molecule has 0 aromatic heterocycles. The van der Waals surface area contributed by atoms with E-state index in [1.54, 1.807) is 0 Å². The summed E-state index contributed by atoms with van der Waals surface area (Å²) < 4.78 is 9.42. The van der Waals surface area contributed by atoms with Gasteiger partial charge in [-0.2, -0.15) is 0 Å². The molecular weight excluding hydrogens is 455 g/mol. The van der Waals surface area contributed by atoms with Crippen molar-refractivity contribution in [1.82, 2.24) is 4.90 Å². The first kappa shape index (κ1) is 22.2. The molecule has 1 saturated heterocycles. The number of allylic oxidation sites excluding steroid dienone is 1. The van der Waals surface area contributed by atoms with Crippen LogP contribution in [-0.4, -0.2) is 36.4 Å². The molecule has 4 rings (SSSR count). The summed E-state index contributed by atoms with van der Waals surface area (Å²) in [5.74, 6) is 0. The zero-order valence-electron chi connectivity index (χ0n) is 18.7. The molecule has 0 spiro atoms. The molecule has 0 radical (unpaired) electrons. The van der Waals surface area contributed by atoms with Crippen molar-refractivity contribution < 1.29 is 9.53 Å². The Labute approximate surface area is 193 Å². The molecule has 0 saturated carbocycles. The van der Waals surface area contributed by atoms with E-state index < -0.39 is 18.8 Å². The molecule has 1 aliphatic heterocycles. The predicted molar refractivity (Wildman–Crippen MR) is 134 cm³/mol. The van der Waals surface area contributed by atoms with Crippen LogP contribution in [0.5, 0.6) is 0 Å². The van der Waals surface area contributed by atoms with Gasteiger partial charge in [-0.3, -0.25) is 0 Å². The van der Waals surface area contributed by atoms with Crippen LogP contribution in [0, 0.1) is 0 Å². The summed E-state index contributed by atoms with van der Waals surface area (Å²) in [5.41, 5.74) is 0.549. The summed E-state index contributed by atoms with van der Waals surface area (Å²) in [6.45, 7) is 8.48. The van der Waals surface area contributed by atoms with Crippen LogP contribution in [0.25, 0.3) is 0 Å². The number of hydrogen-bond acceptors (Lipinski definition) is 2. The molecule has 3 aromatic carbocycles. The Morgan fingerprint density at radius 2 is 1.34 bits per heavy atom. The molecule has 0 unspecified atom stereocenters. The Kier molecular flexibility index (Phi) is 6.38. The third kappa shape index (κ3) is 4.05. The molecule has 0 N–H and O–H groups in total. The van der Waals surface area contributed by atoms with Crippen LogP contribution >= 0.6 is 0 Å². The van der Waals surface area contributed by atoms with Crippen molar-refractivity contribution in [3.63, 3.8) is 0 Å². The van der Waals surface area contributed by atoms with E-state index in [1.807, 2.05) is 11.0 Å². The third-order valence-electron chi connectivity index (χ3n) is 6.05. The Hall–Kier alpha value is -3.05. The van der Waals surface area contributed by atoms with E-state index in [0.29, 0.717) is 13.0 Å². The standard InChI is InChI=1S/C28H29GeNO2/c1-4-14-26(30-27(31)32-22-28(30,2)3)21-29(23-15-8-5-9-16-23,24-17-10-6-11-18-24)25-19-12-7-13-20-25/h4-13,15-21H,1,14,22H2,2-3H3/b26-21+. The van der Waals surface area contributed by atoms with Gasteiger partial charge < -0.3 is 0 Å². The number of carbonyl (C=O) groups excluding carboxylic acids is 1. The van der Waals surface area contributed by atoms with E-state index in [2.05, 4.69) is 116 Å². The fourth-order valence-electron chi connectivity index (χ4n) is 4.59. The molecule has 162 valence electrons. The van der Waals surface area contributed by atoms with Gasteiger partial charge >= 0.3 is 194 Å². The first-order chi connectivity index (χ1) is 15.5. The summed E-state index contributed by atoms with van der Waals surface area (Å²) in [7, 11) is 0. The number of amides is 1. The van der Waals surface area contributed by atoms with Crippen LogP contribution in [0.1, 0.15) is 20.3 Å². The Balaban J connectivity index is 2.07. The second kappa shape index (κ2) is 9.21. The topological polar surface area (TPSA) is 29.5 Å². The van der Waals surface area contributed by atoms with Crippen molar-refractivity contribution in [2.75, 3.05) is 6.61 Å². The fraction of sp³-hybridized carbons (Fsp3) is 0.179. The summed E-state index contributed by atoms with van der Waals surface area (Å²) in [5, 5.41) is 0. The van der Waals surface area contributed by atoms with Crippen LogP contribution in [0.3, 0.4) is 0 Å². The molecule has 4 heteroatoms. The van der Waals surface area contributed by atoms with Crippen LogP contribution in [0.4, 0.5) is 4.79 Å². The van der Waals surface area contributed by atoms with Gasteiger partial charge in [-0.1, -0.05) is 0 Å². The number of benzene rings is 3. The minimum absolute atomic E-state index is 0.284. The van der Waals surface area contributed by atoms with Gasteiger partial charge in [-0.15, -0.1) is 0 Å². The quantitative estimate of drug-likeness (QED) is 0.368. The first-order valence-corrected chi connectivity index (χ1v) is 15.3. The summed E-state index contributed by atoms with van der Waals surface area (Å²) in [4.78, 5) is 17.1. The van der Waals surface area contributed by atoms with E-state index in [-0.39, 0.29) is 6.09 Å². The maximum atomic E-state index is 12.9. The number of ether oxygens (including phenoxy) is 1. The number of nitrogens with zero attached hydrogens (tertiary/aromatic N) is 1. The van der Waals surface area contributed by atoms with Crippen molar-refractivity contribution in [1.29, 1.82) is 0 Å². The second-order valence-electron chi connectivity index (χ2n) is 8.74. The zero-order valence-corrected chi connectivity index (χ0v) is 20.8. The number of hydrogen-bond donors (Lipinski definition) is 0. The monoisotopic (exact) mass is 485 g/mol. The zero-order chi connectivity index (χ0) is 22.6. The molecule has 1 amide bonds. The summed E-state index contributed by atoms with van der Waals surface area (Å²) >= 11 is -3.36. The van der Waals surface area contributed by atoms with Gasteiger partial charge in [0.15, 0.2) is 0 Å². The fourth-order valence-corrected chi connectivity index (χ4v) is 13.8. The normalized spacial score (nSPS) is 16.0. The van der Waals surface area contributed by atoms with Crippen molar-refractivity contribution in [3.8, 4) is 0 Å². The van der Waals surface area contributed by atoms with Gasteiger partial charge in [-0.25, -0.2) is 0 Å². The van der Waals surface area contributed by atoms with Crippen LogP contribution in [0.2, 0.25) is 0 Å². The van der Waals surface area contributed by atoms with E-state index in [1.165, 1.54) is 13.2 Å². The van der Waals surface area contributed by atoms with Gasteiger partial charge in [0, 0.05) is 0 Å². The van der Waals surface area contributed by atoms with E-state index in [0.717, 1.165) is 5.70 Å². The third-order valence-corrected chi connectivity index (χ3v) is 15.5. The Morgan fingerprint density at radius 1 is 0.906 bits per heavy atom. The van der Waals surface area contributed by atoms with Crippen molar-refractivity contribution in [2.24, 2.45) is 0 Å². The van der Waals surface area contributed by atoms with Gasteiger partial charge in [0.2, 0.25) is 0 Å². The maximum absolute atomic E-state index is 12.9. The average Bonchev–Trinajstić information content (AvgIpc) is 3.10. The van der Waals surface area contributed by atoms with E-state index in [9.17, 15) is 4.79 Å². The van der Waals surface area contributed by atoms with Gasteiger partial charge in [-0.05, 0) is 0 Å². The van der Waals surface area contributed by atoms with Crippen molar-refractivity contribution >= 4 is 32.5 Å². The van der Waals surface area contributed by atoms with Crippen molar-refractivity contribution in [3.05, 3.63) is 114 Å². The van der Waals surface area contributed by atoms with Gasteiger partial charge in [0.1, 0.15) is 0 Å². The number of cyclic esters (lactones) is 1. The first-order valence-electron chi connectivity index (χ1n) is 11.0. The van der Waals surface area contributed by atoms with E-state index in [4.69, 9.17) is 4.74 Å². The molecule has 3 nitrogen and oxygen atoms in total. The SMILES string of the molecule is C=CC/C(=[CH]\[Ge]([c]1ccccc1)([c]1ccccc1)[c]1ccccc1)N1C(=O)OCC1(C)C. The Morgan fingerprint density at radius 3 is 1.69 bits per heavy atom. The van der Waals surface area contributed by atoms with Crippen LogP contribution in [-0.2, 0) is 4.74 Å². The average molecular weight is 484 g/mol. The molecule has 0 atom stereocenters. The second-order valence-corrected chi connectivity index (χ2v) is 16.4. The summed E-state index contributed by atoms with van der Waals surface area (Å²) in [6.07, 6.45) is 2.19. The number of rotatable bonds is 7. The van der Waals surface area contributed by atoms with Gasteiger partial charge in [0.25, 0.3) is 0 Å². The molecule has 0 aliphatic carbocycles. The Bertz CT molecular complexity index is 1010. The molecule has 0 bridgehead atoms. The van der Waals surface area contributed by atoms with Gasteiger partial charge in [0.05, 0.1) is 0 Å². The number of carbonyl (C=O) groups is 1. The van der Waals surface area contributed by atoms with Crippen molar-refractivity contribution in [2.45, 2.75) is 25.8 Å². The van der Waals surface area contributed by atoms with E-state index >= 15 is 0 Å². The summed E-state index contributed by atoms with van der Waals surface area (Å²) in [6, 6.07) is 32.2. The molecule has 1 aliphatic rings. The molecule has 3 aromatic rings.